The second-order valence-corrected chi connectivity index (χ2v) is 10.0. The number of aromatic nitrogens is 1. The molecule has 1 unspecified atom stereocenters. The van der Waals surface area contributed by atoms with Gasteiger partial charge in [0.15, 0.2) is 4.80 Å². The Hall–Kier alpha value is -2.19. The Morgan fingerprint density at radius 1 is 1.29 bits per heavy atom. The molecule has 0 spiro atoms. The first-order chi connectivity index (χ1) is 14.8. The smallest absolute Gasteiger partial charge is 0.338 e. The van der Waals surface area contributed by atoms with Gasteiger partial charge >= 0.3 is 5.97 Å². The van der Waals surface area contributed by atoms with Crippen molar-refractivity contribution < 1.29 is 9.53 Å². The van der Waals surface area contributed by atoms with Crippen LogP contribution in [0, 0.1) is 0 Å². The number of carbonyl (C=O) groups is 1. The van der Waals surface area contributed by atoms with E-state index in [1.807, 2.05) is 17.5 Å². The molecule has 31 heavy (non-hydrogen) atoms. The lowest BCUT2D eigenvalue weighted by Gasteiger charge is -2.24. The van der Waals surface area contributed by atoms with E-state index in [2.05, 4.69) is 4.99 Å². The molecule has 1 atom stereocenters. The van der Waals surface area contributed by atoms with E-state index < -0.39 is 12.0 Å². The molecule has 4 rings (SSSR count). The average Bonchev–Trinajstić information content (AvgIpc) is 3.31. The zero-order chi connectivity index (χ0) is 22.3. The Balaban J connectivity index is 1.93. The molecular formula is C22H18Cl2N2O3S2. The third kappa shape index (κ3) is 4.28. The minimum Gasteiger partial charge on any atom is -0.459 e. The van der Waals surface area contributed by atoms with Crippen molar-refractivity contribution in [1.82, 2.24) is 4.57 Å². The molecule has 5 nitrogen and oxygen atoms in total. The summed E-state index contributed by atoms with van der Waals surface area (Å²) in [6.07, 6.45) is 1.44. The topological polar surface area (TPSA) is 60.7 Å². The van der Waals surface area contributed by atoms with Crippen molar-refractivity contribution in [3.8, 4) is 0 Å². The monoisotopic (exact) mass is 492 g/mol. The zero-order valence-electron chi connectivity index (χ0n) is 16.9. The Morgan fingerprint density at radius 2 is 2.06 bits per heavy atom. The van der Waals surface area contributed by atoms with Crippen molar-refractivity contribution in [3.63, 3.8) is 0 Å². The molecule has 3 heterocycles. The van der Waals surface area contributed by atoms with Crippen molar-refractivity contribution in [2.75, 3.05) is 0 Å². The van der Waals surface area contributed by atoms with Crippen LogP contribution in [0.2, 0.25) is 10.0 Å². The van der Waals surface area contributed by atoms with E-state index in [0.717, 1.165) is 4.88 Å². The maximum absolute atomic E-state index is 13.4. The summed E-state index contributed by atoms with van der Waals surface area (Å²) in [6.45, 7) is 5.35. The van der Waals surface area contributed by atoms with Crippen LogP contribution < -0.4 is 14.9 Å². The van der Waals surface area contributed by atoms with Gasteiger partial charge in [-0.25, -0.2) is 9.79 Å². The minimum atomic E-state index is -0.592. The summed E-state index contributed by atoms with van der Waals surface area (Å²) in [4.78, 5) is 32.3. The molecule has 9 heteroatoms. The lowest BCUT2D eigenvalue weighted by atomic mass is 10.0. The summed E-state index contributed by atoms with van der Waals surface area (Å²) in [7, 11) is 0. The Labute approximate surface area is 196 Å². The number of carbonyl (C=O) groups excluding carboxylic acids is 1. The summed E-state index contributed by atoms with van der Waals surface area (Å²) >= 11 is 15.0. The molecular weight excluding hydrogens is 475 g/mol. The SMILES string of the molecule is CC1=C(C(=O)OC(C)C)C(c2cccs2)n2c(s/c(=C/c3ccc(Cl)cc3Cl)c2=O)=N1. The van der Waals surface area contributed by atoms with Gasteiger partial charge in [0, 0.05) is 14.9 Å². The Bertz CT molecular complexity index is 1370. The second kappa shape index (κ2) is 8.74. The van der Waals surface area contributed by atoms with Gasteiger partial charge in [0.05, 0.1) is 21.9 Å². The molecule has 0 radical (unpaired) electrons. The Kier molecular flexibility index (Phi) is 6.21. The van der Waals surface area contributed by atoms with Crippen molar-refractivity contribution in [1.29, 1.82) is 0 Å². The fraction of sp³-hybridized carbons (Fsp3) is 0.227. The number of rotatable bonds is 4. The molecule has 0 amide bonds. The summed E-state index contributed by atoms with van der Waals surface area (Å²) in [5.41, 5.74) is 1.36. The number of hydrogen-bond acceptors (Lipinski definition) is 6. The highest BCUT2D eigenvalue weighted by atomic mass is 35.5. The van der Waals surface area contributed by atoms with Crippen LogP contribution >= 0.6 is 45.9 Å². The van der Waals surface area contributed by atoms with Crippen LogP contribution in [0.3, 0.4) is 0 Å². The number of allylic oxidation sites excluding steroid dienone is 1. The molecule has 1 aliphatic rings. The van der Waals surface area contributed by atoms with Gasteiger partial charge in [-0.1, -0.05) is 46.7 Å². The third-order valence-corrected chi connectivity index (χ3v) is 7.12. The number of thiazole rings is 1. The van der Waals surface area contributed by atoms with E-state index >= 15 is 0 Å². The van der Waals surface area contributed by atoms with Crippen LogP contribution in [0.1, 0.15) is 37.3 Å². The zero-order valence-corrected chi connectivity index (χ0v) is 20.0. The normalized spacial score (nSPS) is 16.5. The van der Waals surface area contributed by atoms with Crippen molar-refractivity contribution in [2.24, 2.45) is 4.99 Å². The van der Waals surface area contributed by atoms with E-state index in [-0.39, 0.29) is 11.7 Å². The predicted molar refractivity (Wildman–Crippen MR) is 126 cm³/mol. The number of ether oxygens (including phenoxy) is 1. The van der Waals surface area contributed by atoms with Crippen molar-refractivity contribution >= 4 is 57.9 Å². The number of esters is 1. The summed E-state index contributed by atoms with van der Waals surface area (Å²) in [5, 5.41) is 2.88. The number of thiophene rings is 1. The maximum atomic E-state index is 13.4. The molecule has 0 saturated carbocycles. The van der Waals surface area contributed by atoms with Gasteiger partial charge in [0.25, 0.3) is 5.56 Å². The number of fused-ring (bicyclic) bond motifs is 1. The van der Waals surface area contributed by atoms with Gasteiger partial charge < -0.3 is 4.74 Å². The summed E-state index contributed by atoms with van der Waals surface area (Å²) in [6, 6.07) is 8.31. The second-order valence-electron chi connectivity index (χ2n) is 7.22. The highest BCUT2D eigenvalue weighted by Crippen LogP contribution is 2.33. The molecule has 0 N–H and O–H groups in total. The molecule has 0 saturated heterocycles. The molecule has 1 aromatic carbocycles. The first-order valence-corrected chi connectivity index (χ1v) is 11.9. The van der Waals surface area contributed by atoms with Crippen LogP contribution in [0.4, 0.5) is 0 Å². The summed E-state index contributed by atoms with van der Waals surface area (Å²) in [5.74, 6) is -0.468. The lowest BCUT2D eigenvalue weighted by molar-refractivity contribution is -0.143. The van der Waals surface area contributed by atoms with Crippen LogP contribution in [0.15, 0.2) is 56.8 Å². The van der Waals surface area contributed by atoms with E-state index in [0.29, 0.717) is 36.2 Å². The third-order valence-electron chi connectivity index (χ3n) is 4.65. The largest absolute Gasteiger partial charge is 0.459 e. The predicted octanol–water partition coefficient (Wildman–Crippen LogP) is 4.56. The maximum Gasteiger partial charge on any atom is 0.338 e. The first kappa shape index (κ1) is 22.0. The minimum absolute atomic E-state index is 0.240. The quantitative estimate of drug-likeness (QED) is 0.501. The van der Waals surface area contributed by atoms with Crippen LogP contribution in [0.5, 0.6) is 0 Å². The standard InChI is InChI=1S/C22H18Cl2N2O3S2/c1-11(2)29-21(28)18-12(3)25-22-26(19(18)16-5-4-8-30-16)20(27)17(31-22)9-13-6-7-14(23)10-15(13)24/h4-11,19H,1-3H3/b17-9+. The summed E-state index contributed by atoms with van der Waals surface area (Å²) < 4.78 is 7.50. The number of benzene rings is 1. The van der Waals surface area contributed by atoms with Gasteiger partial charge in [0.1, 0.15) is 6.04 Å². The molecule has 1 aliphatic heterocycles. The molecule has 2 aromatic heterocycles. The van der Waals surface area contributed by atoms with E-state index in [1.54, 1.807) is 49.6 Å². The number of halogens is 2. The van der Waals surface area contributed by atoms with Crippen molar-refractivity contribution in [3.05, 3.63) is 87.2 Å². The molecule has 3 aromatic rings. The molecule has 0 fully saturated rings. The van der Waals surface area contributed by atoms with Gasteiger partial charge in [-0.05, 0) is 56.0 Å². The fourth-order valence-corrected chi connectivity index (χ4v) is 5.66. The molecule has 0 bridgehead atoms. The van der Waals surface area contributed by atoms with Crippen LogP contribution in [-0.2, 0) is 9.53 Å². The van der Waals surface area contributed by atoms with Crippen molar-refractivity contribution in [2.45, 2.75) is 32.9 Å². The van der Waals surface area contributed by atoms with Crippen LogP contribution in [-0.4, -0.2) is 16.6 Å². The van der Waals surface area contributed by atoms with Gasteiger partial charge in [0.2, 0.25) is 0 Å². The molecule has 160 valence electrons. The number of nitrogens with zero attached hydrogens (tertiary/aromatic N) is 2. The van der Waals surface area contributed by atoms with Gasteiger partial charge in [-0.2, -0.15) is 0 Å². The number of hydrogen-bond donors (Lipinski definition) is 0. The average molecular weight is 493 g/mol. The van der Waals surface area contributed by atoms with Gasteiger partial charge in [-0.15, -0.1) is 11.3 Å². The van der Waals surface area contributed by atoms with E-state index in [4.69, 9.17) is 27.9 Å². The lowest BCUT2D eigenvalue weighted by Crippen LogP contribution is -2.39. The van der Waals surface area contributed by atoms with E-state index in [1.165, 1.54) is 22.7 Å². The highest BCUT2D eigenvalue weighted by molar-refractivity contribution is 7.10. The Morgan fingerprint density at radius 3 is 2.71 bits per heavy atom. The van der Waals surface area contributed by atoms with Crippen LogP contribution in [0.25, 0.3) is 6.08 Å². The highest BCUT2D eigenvalue weighted by Gasteiger charge is 2.34. The molecule has 0 aliphatic carbocycles. The van der Waals surface area contributed by atoms with Gasteiger partial charge in [-0.3, -0.25) is 9.36 Å². The van der Waals surface area contributed by atoms with E-state index in [9.17, 15) is 9.59 Å². The first-order valence-electron chi connectivity index (χ1n) is 9.48. The fourth-order valence-electron chi connectivity index (χ4n) is 3.34.